The molecule has 0 atom stereocenters. The second-order valence-electron chi connectivity index (χ2n) is 4.63. The molecule has 106 valence electrons. The van der Waals surface area contributed by atoms with Gasteiger partial charge in [-0.15, -0.1) is 0 Å². The van der Waals surface area contributed by atoms with Crippen molar-refractivity contribution in [1.82, 2.24) is 9.97 Å². The van der Waals surface area contributed by atoms with Crippen LogP contribution in [0.5, 0.6) is 0 Å². The lowest BCUT2D eigenvalue weighted by molar-refractivity contribution is 0.588. The lowest BCUT2D eigenvalue weighted by atomic mass is 10.3. The Hall–Kier alpha value is -1.58. The van der Waals surface area contributed by atoms with Crippen LogP contribution in [0, 0.1) is 0 Å². The summed E-state index contributed by atoms with van der Waals surface area (Å²) in [6, 6.07) is 7.43. The molecule has 0 saturated heterocycles. The Bertz CT molecular complexity index is 671. The van der Waals surface area contributed by atoms with E-state index in [1.165, 1.54) is 6.20 Å². The van der Waals surface area contributed by atoms with Gasteiger partial charge in [-0.2, -0.15) is 4.98 Å². The van der Waals surface area contributed by atoms with E-state index < -0.39 is 7.14 Å². The Labute approximate surface area is 123 Å². The standard InChI is InChI=1S/C13H16ClN4OP/c1-15-13-16-8-9(14)12(18-13)17-10-6-4-5-7-11(10)20(2,3)19/h4-8H,1-3H3,(H2,15,16,17,18). The van der Waals surface area contributed by atoms with Gasteiger partial charge in [0, 0.05) is 12.4 Å². The highest BCUT2D eigenvalue weighted by Crippen LogP contribution is 2.38. The molecule has 0 aliphatic heterocycles. The van der Waals surface area contributed by atoms with E-state index in [1.807, 2.05) is 24.3 Å². The zero-order valence-electron chi connectivity index (χ0n) is 11.5. The molecule has 0 saturated carbocycles. The van der Waals surface area contributed by atoms with E-state index in [4.69, 9.17) is 11.6 Å². The smallest absolute Gasteiger partial charge is 0.224 e. The minimum absolute atomic E-state index is 0.404. The quantitative estimate of drug-likeness (QED) is 0.849. The minimum Gasteiger partial charge on any atom is -0.357 e. The summed E-state index contributed by atoms with van der Waals surface area (Å²) < 4.78 is 12.3. The molecule has 0 fully saturated rings. The molecule has 0 amide bonds. The molecule has 2 aromatic rings. The first kappa shape index (κ1) is 14.8. The van der Waals surface area contributed by atoms with Crippen LogP contribution >= 0.6 is 18.7 Å². The maximum absolute atomic E-state index is 12.3. The molecule has 0 bridgehead atoms. The molecule has 2 rings (SSSR count). The minimum atomic E-state index is -2.39. The average Bonchev–Trinajstić information content (AvgIpc) is 2.41. The molecule has 2 N–H and O–H groups in total. The fraction of sp³-hybridized carbons (Fsp3) is 0.231. The summed E-state index contributed by atoms with van der Waals surface area (Å²) in [4.78, 5) is 8.28. The molecule has 0 unspecified atom stereocenters. The monoisotopic (exact) mass is 310 g/mol. The summed E-state index contributed by atoms with van der Waals surface area (Å²) in [5, 5.41) is 7.14. The number of halogens is 1. The summed E-state index contributed by atoms with van der Waals surface area (Å²) in [5.74, 6) is 0.942. The van der Waals surface area contributed by atoms with Crippen molar-refractivity contribution in [1.29, 1.82) is 0 Å². The number of aromatic nitrogens is 2. The maximum atomic E-state index is 12.3. The number of anilines is 3. The SMILES string of the molecule is CNc1ncc(Cl)c(Nc2ccccc2P(C)(C)=O)n1. The fourth-order valence-electron chi connectivity index (χ4n) is 1.75. The number of benzene rings is 1. The molecule has 1 aromatic heterocycles. The summed E-state index contributed by atoms with van der Waals surface area (Å²) in [7, 11) is -0.662. The molecular weight excluding hydrogens is 295 g/mol. The van der Waals surface area contributed by atoms with Crippen LogP contribution < -0.4 is 15.9 Å². The van der Waals surface area contributed by atoms with E-state index in [1.54, 1.807) is 20.4 Å². The average molecular weight is 311 g/mol. The summed E-state index contributed by atoms with van der Waals surface area (Å²) >= 11 is 6.09. The van der Waals surface area contributed by atoms with Crippen LogP contribution in [0.2, 0.25) is 5.02 Å². The van der Waals surface area contributed by atoms with Crippen LogP contribution in [0.4, 0.5) is 17.5 Å². The van der Waals surface area contributed by atoms with Crippen molar-refractivity contribution in [2.75, 3.05) is 31.0 Å². The Morgan fingerprint density at radius 1 is 1.25 bits per heavy atom. The molecule has 7 heteroatoms. The third-order valence-electron chi connectivity index (χ3n) is 2.70. The van der Waals surface area contributed by atoms with E-state index in [0.717, 1.165) is 11.0 Å². The van der Waals surface area contributed by atoms with Crippen LogP contribution in [0.3, 0.4) is 0 Å². The summed E-state index contributed by atoms with van der Waals surface area (Å²) in [5.41, 5.74) is 0.739. The molecule has 0 spiro atoms. The zero-order chi connectivity index (χ0) is 14.8. The zero-order valence-corrected chi connectivity index (χ0v) is 13.2. The van der Waals surface area contributed by atoms with Crippen molar-refractivity contribution >= 4 is 41.5 Å². The second-order valence-corrected chi connectivity index (χ2v) is 8.22. The van der Waals surface area contributed by atoms with Gasteiger partial charge < -0.3 is 15.2 Å². The number of rotatable bonds is 4. The molecule has 1 aromatic carbocycles. The Kier molecular flexibility index (Phi) is 4.31. The second kappa shape index (κ2) is 5.81. The lowest BCUT2D eigenvalue weighted by Gasteiger charge is -2.15. The summed E-state index contributed by atoms with van der Waals surface area (Å²) in [6.45, 7) is 3.46. The van der Waals surface area contributed by atoms with Gasteiger partial charge in [0.1, 0.15) is 12.2 Å². The van der Waals surface area contributed by atoms with Gasteiger partial charge in [-0.05, 0) is 25.5 Å². The van der Waals surface area contributed by atoms with Crippen molar-refractivity contribution < 1.29 is 4.57 Å². The van der Waals surface area contributed by atoms with Crippen LogP contribution in [-0.2, 0) is 4.57 Å². The van der Waals surface area contributed by atoms with Gasteiger partial charge in [-0.1, -0.05) is 23.7 Å². The molecule has 0 aliphatic carbocycles. The lowest BCUT2D eigenvalue weighted by Crippen LogP contribution is -2.10. The van der Waals surface area contributed by atoms with Crippen molar-refractivity contribution in [3.8, 4) is 0 Å². The molecule has 20 heavy (non-hydrogen) atoms. The number of hydrogen-bond donors (Lipinski definition) is 2. The topological polar surface area (TPSA) is 66.9 Å². The molecule has 5 nitrogen and oxygen atoms in total. The number of para-hydroxylation sites is 1. The van der Waals surface area contributed by atoms with Gasteiger partial charge in [-0.3, -0.25) is 0 Å². The predicted molar refractivity (Wildman–Crippen MR) is 85.4 cm³/mol. The first-order valence-electron chi connectivity index (χ1n) is 6.03. The largest absolute Gasteiger partial charge is 0.357 e. The van der Waals surface area contributed by atoms with Gasteiger partial charge in [0.05, 0.1) is 11.9 Å². The fourth-order valence-corrected chi connectivity index (χ4v) is 3.05. The highest BCUT2D eigenvalue weighted by Gasteiger charge is 2.16. The van der Waals surface area contributed by atoms with Crippen molar-refractivity contribution in [2.24, 2.45) is 0 Å². The van der Waals surface area contributed by atoms with Crippen LogP contribution in [0.25, 0.3) is 0 Å². The first-order valence-corrected chi connectivity index (χ1v) is 9.01. The molecule has 0 aliphatic rings. The molecular formula is C13H16ClN4OP. The van der Waals surface area contributed by atoms with E-state index in [0.29, 0.717) is 16.8 Å². The van der Waals surface area contributed by atoms with Gasteiger partial charge in [-0.25, -0.2) is 4.98 Å². The van der Waals surface area contributed by atoms with Crippen molar-refractivity contribution in [3.05, 3.63) is 35.5 Å². The maximum Gasteiger partial charge on any atom is 0.224 e. The van der Waals surface area contributed by atoms with Gasteiger partial charge in [0.2, 0.25) is 5.95 Å². The highest BCUT2D eigenvalue weighted by atomic mass is 35.5. The highest BCUT2D eigenvalue weighted by molar-refractivity contribution is 7.70. The first-order chi connectivity index (χ1) is 9.41. The number of nitrogens with zero attached hydrogens (tertiary/aromatic N) is 2. The molecule has 1 heterocycles. The number of nitrogens with one attached hydrogen (secondary N) is 2. The Balaban J connectivity index is 2.43. The van der Waals surface area contributed by atoms with Gasteiger partial charge in [0.25, 0.3) is 0 Å². The third kappa shape index (κ3) is 3.30. The molecule has 0 radical (unpaired) electrons. The Morgan fingerprint density at radius 2 is 1.95 bits per heavy atom. The van der Waals surface area contributed by atoms with Crippen molar-refractivity contribution in [3.63, 3.8) is 0 Å². The van der Waals surface area contributed by atoms with E-state index in [-0.39, 0.29) is 0 Å². The van der Waals surface area contributed by atoms with E-state index >= 15 is 0 Å². The Morgan fingerprint density at radius 3 is 2.60 bits per heavy atom. The van der Waals surface area contributed by atoms with Gasteiger partial charge in [0.15, 0.2) is 5.82 Å². The predicted octanol–water partition coefficient (Wildman–Crippen LogP) is 3.16. The van der Waals surface area contributed by atoms with E-state index in [2.05, 4.69) is 20.6 Å². The third-order valence-corrected chi connectivity index (χ3v) is 4.53. The van der Waals surface area contributed by atoms with Crippen LogP contribution in [0.1, 0.15) is 0 Å². The summed E-state index contributed by atoms with van der Waals surface area (Å²) in [6.07, 6.45) is 1.52. The van der Waals surface area contributed by atoms with Crippen LogP contribution in [-0.4, -0.2) is 30.3 Å². The van der Waals surface area contributed by atoms with E-state index in [9.17, 15) is 4.57 Å². The van der Waals surface area contributed by atoms with Crippen molar-refractivity contribution in [2.45, 2.75) is 0 Å². The normalized spacial score (nSPS) is 11.2. The van der Waals surface area contributed by atoms with Gasteiger partial charge >= 0.3 is 0 Å². The number of hydrogen-bond acceptors (Lipinski definition) is 5. The van der Waals surface area contributed by atoms with Crippen LogP contribution in [0.15, 0.2) is 30.5 Å².